The minimum absolute atomic E-state index is 0.0433. The van der Waals surface area contributed by atoms with E-state index in [9.17, 15) is 24.5 Å². The van der Waals surface area contributed by atoms with Crippen LogP contribution in [0.3, 0.4) is 0 Å². The third-order valence-corrected chi connectivity index (χ3v) is 3.98. The van der Waals surface area contributed by atoms with Gasteiger partial charge in [0.15, 0.2) is 6.61 Å². The molecule has 0 aromatic heterocycles. The standard InChI is InChI=1S/C22H24N2O7/c1-22(2,3)31-21(27)23-18(12-15-8-5-4-6-9-15)20(26)30-14-19(25)16-10-7-11-17(13-16)24(28)29/h4-11,13,18H,12,14H2,1-3H3,(H,23,27)/t18-/m0/s1. The van der Waals surface area contributed by atoms with Gasteiger partial charge in [0.2, 0.25) is 5.78 Å². The van der Waals surface area contributed by atoms with E-state index >= 15 is 0 Å². The number of carbonyl (C=O) groups excluding carboxylic acids is 3. The van der Waals surface area contributed by atoms with Crippen LogP contribution in [-0.4, -0.2) is 41.0 Å². The molecule has 164 valence electrons. The van der Waals surface area contributed by atoms with Crippen LogP contribution >= 0.6 is 0 Å². The van der Waals surface area contributed by atoms with Crippen LogP contribution in [0.25, 0.3) is 0 Å². The second-order valence-corrected chi connectivity index (χ2v) is 7.73. The topological polar surface area (TPSA) is 125 Å². The molecule has 2 rings (SSSR count). The summed E-state index contributed by atoms with van der Waals surface area (Å²) in [5.41, 5.74) is -0.193. The molecule has 0 heterocycles. The summed E-state index contributed by atoms with van der Waals surface area (Å²) >= 11 is 0. The average molecular weight is 428 g/mol. The highest BCUT2D eigenvalue weighted by Crippen LogP contribution is 2.14. The van der Waals surface area contributed by atoms with Gasteiger partial charge in [-0.2, -0.15) is 0 Å². The Bertz CT molecular complexity index is 952. The zero-order valence-electron chi connectivity index (χ0n) is 17.5. The fraction of sp³-hybridized carbons (Fsp3) is 0.318. The summed E-state index contributed by atoms with van der Waals surface area (Å²) in [6.07, 6.45) is -0.667. The SMILES string of the molecule is CC(C)(C)OC(=O)N[C@@H](Cc1ccccc1)C(=O)OCC(=O)c1cccc([N+](=O)[O-])c1. The van der Waals surface area contributed by atoms with Gasteiger partial charge in [-0.05, 0) is 26.3 Å². The summed E-state index contributed by atoms with van der Waals surface area (Å²) in [6, 6.07) is 13.0. The molecule has 0 bridgehead atoms. The highest BCUT2D eigenvalue weighted by molar-refractivity contribution is 5.98. The molecular weight excluding hydrogens is 404 g/mol. The normalized spacial score (nSPS) is 11.8. The Morgan fingerprint density at radius 2 is 1.74 bits per heavy atom. The maximum atomic E-state index is 12.6. The van der Waals surface area contributed by atoms with Crippen molar-refractivity contribution in [3.63, 3.8) is 0 Å². The Balaban J connectivity index is 2.07. The van der Waals surface area contributed by atoms with Gasteiger partial charge < -0.3 is 14.8 Å². The van der Waals surface area contributed by atoms with Gasteiger partial charge in [-0.15, -0.1) is 0 Å². The Morgan fingerprint density at radius 1 is 1.06 bits per heavy atom. The number of Topliss-reactive ketones (excluding diaryl/α,β-unsaturated/α-hetero) is 1. The summed E-state index contributed by atoms with van der Waals surface area (Å²) in [6.45, 7) is 4.44. The smallest absolute Gasteiger partial charge is 0.408 e. The van der Waals surface area contributed by atoms with Crippen LogP contribution in [0.5, 0.6) is 0 Å². The van der Waals surface area contributed by atoms with Gasteiger partial charge in [-0.3, -0.25) is 14.9 Å². The molecule has 2 aromatic carbocycles. The van der Waals surface area contributed by atoms with E-state index in [0.29, 0.717) is 0 Å². The highest BCUT2D eigenvalue weighted by atomic mass is 16.6. The third-order valence-electron chi connectivity index (χ3n) is 3.98. The van der Waals surface area contributed by atoms with Crippen LogP contribution in [0.2, 0.25) is 0 Å². The van der Waals surface area contributed by atoms with Gasteiger partial charge in [0.1, 0.15) is 11.6 Å². The second-order valence-electron chi connectivity index (χ2n) is 7.73. The Kier molecular flexibility index (Phi) is 7.84. The third kappa shape index (κ3) is 7.88. The fourth-order valence-corrected chi connectivity index (χ4v) is 2.61. The summed E-state index contributed by atoms with van der Waals surface area (Å²) in [5, 5.41) is 13.3. The number of amides is 1. The number of hydrogen-bond donors (Lipinski definition) is 1. The number of nitro groups is 1. The van der Waals surface area contributed by atoms with Crippen LogP contribution in [-0.2, 0) is 20.7 Å². The molecule has 0 spiro atoms. The lowest BCUT2D eigenvalue weighted by Crippen LogP contribution is -2.45. The minimum Gasteiger partial charge on any atom is -0.456 e. The number of benzene rings is 2. The Labute approximate surface area is 179 Å². The molecule has 1 atom stereocenters. The van der Waals surface area contributed by atoms with E-state index in [1.54, 1.807) is 45.0 Å². The lowest BCUT2D eigenvalue weighted by atomic mass is 10.1. The number of non-ortho nitro benzene ring substituents is 1. The zero-order chi connectivity index (χ0) is 23.0. The van der Waals surface area contributed by atoms with Crippen molar-refractivity contribution in [1.29, 1.82) is 0 Å². The van der Waals surface area contributed by atoms with Crippen molar-refractivity contribution >= 4 is 23.5 Å². The summed E-state index contributed by atoms with van der Waals surface area (Å²) in [4.78, 5) is 47.3. The molecule has 0 saturated carbocycles. The van der Waals surface area contributed by atoms with Crippen molar-refractivity contribution in [2.24, 2.45) is 0 Å². The van der Waals surface area contributed by atoms with Gasteiger partial charge in [0.05, 0.1) is 4.92 Å². The van der Waals surface area contributed by atoms with Crippen molar-refractivity contribution in [2.75, 3.05) is 6.61 Å². The first-order valence-electron chi connectivity index (χ1n) is 9.53. The van der Waals surface area contributed by atoms with E-state index in [0.717, 1.165) is 11.6 Å². The maximum Gasteiger partial charge on any atom is 0.408 e. The van der Waals surface area contributed by atoms with Crippen molar-refractivity contribution in [2.45, 2.75) is 38.8 Å². The van der Waals surface area contributed by atoms with Crippen molar-refractivity contribution in [3.05, 3.63) is 75.8 Å². The summed E-state index contributed by atoms with van der Waals surface area (Å²) < 4.78 is 10.3. The van der Waals surface area contributed by atoms with E-state index < -0.39 is 41.0 Å². The molecule has 0 aliphatic heterocycles. The number of esters is 1. The van der Waals surface area contributed by atoms with Gasteiger partial charge in [0.25, 0.3) is 5.69 Å². The Morgan fingerprint density at radius 3 is 2.35 bits per heavy atom. The van der Waals surface area contributed by atoms with E-state index in [4.69, 9.17) is 9.47 Å². The molecule has 31 heavy (non-hydrogen) atoms. The molecule has 0 aliphatic carbocycles. The van der Waals surface area contributed by atoms with E-state index in [1.165, 1.54) is 18.2 Å². The van der Waals surface area contributed by atoms with Crippen LogP contribution in [0.1, 0.15) is 36.7 Å². The summed E-state index contributed by atoms with van der Waals surface area (Å²) in [5.74, 6) is -1.43. The molecule has 9 heteroatoms. The van der Waals surface area contributed by atoms with Crippen LogP contribution in [0.4, 0.5) is 10.5 Å². The number of nitro benzene ring substituents is 1. The van der Waals surface area contributed by atoms with Gasteiger partial charge in [-0.1, -0.05) is 42.5 Å². The molecule has 0 aliphatic rings. The lowest BCUT2D eigenvalue weighted by Gasteiger charge is -2.23. The van der Waals surface area contributed by atoms with Crippen molar-refractivity contribution < 1.29 is 28.8 Å². The van der Waals surface area contributed by atoms with E-state index in [2.05, 4.69) is 5.32 Å². The number of hydrogen-bond acceptors (Lipinski definition) is 7. The van der Waals surface area contributed by atoms with Crippen LogP contribution < -0.4 is 5.32 Å². The largest absolute Gasteiger partial charge is 0.456 e. The van der Waals surface area contributed by atoms with Crippen molar-refractivity contribution in [3.8, 4) is 0 Å². The van der Waals surface area contributed by atoms with Gasteiger partial charge in [-0.25, -0.2) is 9.59 Å². The molecule has 0 radical (unpaired) electrons. The number of ketones is 1. The zero-order valence-corrected chi connectivity index (χ0v) is 17.5. The molecule has 0 saturated heterocycles. The van der Waals surface area contributed by atoms with Gasteiger partial charge >= 0.3 is 12.1 Å². The molecular formula is C22H24N2O7. The molecule has 1 N–H and O–H groups in total. The molecule has 0 fully saturated rings. The highest BCUT2D eigenvalue weighted by Gasteiger charge is 2.26. The first-order valence-corrected chi connectivity index (χ1v) is 9.53. The predicted octanol–water partition coefficient (Wildman–Crippen LogP) is 3.46. The van der Waals surface area contributed by atoms with Crippen LogP contribution in [0, 0.1) is 10.1 Å². The first kappa shape index (κ1) is 23.5. The molecule has 0 unspecified atom stereocenters. The lowest BCUT2D eigenvalue weighted by molar-refractivity contribution is -0.384. The molecule has 9 nitrogen and oxygen atoms in total. The quantitative estimate of drug-likeness (QED) is 0.295. The predicted molar refractivity (Wildman–Crippen MR) is 112 cm³/mol. The summed E-state index contributed by atoms with van der Waals surface area (Å²) in [7, 11) is 0. The van der Waals surface area contributed by atoms with Crippen molar-refractivity contribution in [1.82, 2.24) is 5.32 Å². The van der Waals surface area contributed by atoms with E-state index in [-0.39, 0.29) is 17.7 Å². The number of ether oxygens (including phenoxy) is 2. The van der Waals surface area contributed by atoms with Crippen LogP contribution in [0.15, 0.2) is 54.6 Å². The number of rotatable bonds is 8. The minimum atomic E-state index is -1.09. The number of nitrogens with one attached hydrogen (secondary N) is 1. The average Bonchev–Trinajstić information content (AvgIpc) is 2.70. The van der Waals surface area contributed by atoms with E-state index in [1.807, 2.05) is 6.07 Å². The molecule has 1 amide bonds. The second kappa shape index (κ2) is 10.3. The monoisotopic (exact) mass is 428 g/mol. The Hall–Kier alpha value is -3.75. The van der Waals surface area contributed by atoms with Gasteiger partial charge in [0, 0.05) is 24.1 Å². The number of nitrogens with zero attached hydrogens (tertiary/aromatic N) is 1. The molecule has 2 aromatic rings. The maximum absolute atomic E-state index is 12.6. The fourth-order valence-electron chi connectivity index (χ4n) is 2.61. The first-order chi connectivity index (χ1) is 14.5. The number of carbonyl (C=O) groups is 3. The number of alkyl carbamates (subject to hydrolysis) is 1.